The third kappa shape index (κ3) is 1.77. The third-order valence-electron chi connectivity index (χ3n) is 3.19. The van der Waals surface area contributed by atoms with Crippen molar-refractivity contribution in [3.8, 4) is 0 Å². The maximum atomic E-state index is 10.8. The minimum Gasteiger partial charge on any atom is -0.477 e. The summed E-state index contributed by atoms with van der Waals surface area (Å²) < 4.78 is 5.62. The fraction of sp³-hybridized carbons (Fsp3) is 0.417. The number of carboxylic acid groups (broad SMARTS) is 1. The second kappa shape index (κ2) is 3.84. The van der Waals surface area contributed by atoms with Gasteiger partial charge in [-0.3, -0.25) is 0 Å². The molecular formula is C12H12N2O3. The average molecular weight is 232 g/mol. The summed E-state index contributed by atoms with van der Waals surface area (Å²) in [6.45, 7) is 0. The zero-order chi connectivity index (χ0) is 11.8. The number of nitrogens with zero attached hydrogens (tertiary/aromatic N) is 2. The number of oxazole rings is 1. The molecule has 0 aromatic carbocycles. The van der Waals surface area contributed by atoms with Crippen LogP contribution < -0.4 is 0 Å². The average Bonchev–Trinajstić information content (AvgIpc) is 2.96. The molecule has 1 fully saturated rings. The van der Waals surface area contributed by atoms with E-state index in [1.54, 1.807) is 6.07 Å². The molecule has 3 rings (SSSR count). The van der Waals surface area contributed by atoms with E-state index in [2.05, 4.69) is 9.97 Å². The topological polar surface area (TPSA) is 76.2 Å². The van der Waals surface area contributed by atoms with Gasteiger partial charge >= 0.3 is 5.97 Å². The molecule has 17 heavy (non-hydrogen) atoms. The van der Waals surface area contributed by atoms with E-state index >= 15 is 0 Å². The van der Waals surface area contributed by atoms with E-state index < -0.39 is 5.97 Å². The van der Waals surface area contributed by atoms with Crippen LogP contribution in [-0.2, 0) is 0 Å². The Balaban J connectivity index is 2.03. The highest BCUT2D eigenvalue weighted by Gasteiger charge is 2.23. The number of carboxylic acids is 1. The zero-order valence-electron chi connectivity index (χ0n) is 9.22. The molecule has 5 heteroatoms. The van der Waals surface area contributed by atoms with Gasteiger partial charge in [0.25, 0.3) is 0 Å². The highest BCUT2D eigenvalue weighted by atomic mass is 16.4. The Morgan fingerprint density at radius 1 is 1.29 bits per heavy atom. The van der Waals surface area contributed by atoms with E-state index in [0.717, 1.165) is 12.8 Å². The minimum atomic E-state index is -1.04. The Morgan fingerprint density at radius 2 is 2.06 bits per heavy atom. The number of carbonyl (C=O) groups is 1. The van der Waals surface area contributed by atoms with E-state index in [1.165, 1.54) is 18.9 Å². The maximum Gasteiger partial charge on any atom is 0.354 e. The lowest BCUT2D eigenvalue weighted by atomic mass is 10.1. The minimum absolute atomic E-state index is 0.00349. The second-order valence-electron chi connectivity index (χ2n) is 4.36. The summed E-state index contributed by atoms with van der Waals surface area (Å²) in [4.78, 5) is 19.0. The molecule has 0 atom stereocenters. The van der Waals surface area contributed by atoms with E-state index in [1.807, 2.05) is 0 Å². The first-order chi connectivity index (χ1) is 8.24. The predicted molar refractivity (Wildman–Crippen MR) is 60.0 cm³/mol. The van der Waals surface area contributed by atoms with Gasteiger partial charge in [0, 0.05) is 5.92 Å². The number of rotatable bonds is 2. The number of hydrogen-bond donors (Lipinski definition) is 1. The van der Waals surface area contributed by atoms with Crippen molar-refractivity contribution in [3.05, 3.63) is 23.7 Å². The molecule has 2 heterocycles. The Hall–Kier alpha value is -1.91. The molecule has 0 unspecified atom stereocenters. The molecule has 0 bridgehead atoms. The monoisotopic (exact) mass is 232 g/mol. The Labute approximate surface area is 97.5 Å². The van der Waals surface area contributed by atoms with Gasteiger partial charge in [-0.15, -0.1) is 0 Å². The van der Waals surface area contributed by atoms with Crippen LogP contribution in [0.5, 0.6) is 0 Å². The highest BCUT2D eigenvalue weighted by molar-refractivity contribution is 5.87. The number of pyridine rings is 1. The summed E-state index contributed by atoms with van der Waals surface area (Å²) in [7, 11) is 0. The van der Waals surface area contributed by atoms with Crippen LogP contribution in [0.3, 0.4) is 0 Å². The largest absolute Gasteiger partial charge is 0.477 e. The van der Waals surface area contributed by atoms with Crippen molar-refractivity contribution in [2.45, 2.75) is 31.6 Å². The van der Waals surface area contributed by atoms with Gasteiger partial charge < -0.3 is 9.52 Å². The molecule has 2 aromatic heterocycles. The SMILES string of the molecule is O=C(O)c1ccc2oc(C3CCCC3)nc2n1. The fourth-order valence-electron chi connectivity index (χ4n) is 2.30. The van der Waals surface area contributed by atoms with Gasteiger partial charge in [-0.2, -0.15) is 4.98 Å². The van der Waals surface area contributed by atoms with Crippen LogP contribution in [0.1, 0.15) is 48.0 Å². The van der Waals surface area contributed by atoms with Gasteiger partial charge in [0.15, 0.2) is 22.8 Å². The van der Waals surface area contributed by atoms with Crippen LogP contribution in [0.25, 0.3) is 11.2 Å². The Kier molecular flexibility index (Phi) is 2.31. The smallest absolute Gasteiger partial charge is 0.354 e. The van der Waals surface area contributed by atoms with Crippen LogP contribution in [-0.4, -0.2) is 21.0 Å². The summed E-state index contributed by atoms with van der Waals surface area (Å²) in [6, 6.07) is 3.06. The van der Waals surface area contributed by atoms with Crippen molar-refractivity contribution in [1.82, 2.24) is 9.97 Å². The fourth-order valence-corrected chi connectivity index (χ4v) is 2.30. The lowest BCUT2D eigenvalue weighted by Crippen LogP contribution is -1.99. The van der Waals surface area contributed by atoms with Gasteiger partial charge in [0.1, 0.15) is 0 Å². The number of aromatic nitrogens is 2. The van der Waals surface area contributed by atoms with E-state index in [9.17, 15) is 4.79 Å². The van der Waals surface area contributed by atoms with E-state index in [0.29, 0.717) is 23.0 Å². The van der Waals surface area contributed by atoms with Crippen LogP contribution in [0.4, 0.5) is 0 Å². The summed E-state index contributed by atoms with van der Waals surface area (Å²) >= 11 is 0. The van der Waals surface area contributed by atoms with Crippen molar-refractivity contribution in [2.75, 3.05) is 0 Å². The molecule has 0 amide bonds. The quantitative estimate of drug-likeness (QED) is 0.861. The maximum absolute atomic E-state index is 10.8. The molecule has 0 saturated heterocycles. The van der Waals surface area contributed by atoms with Crippen molar-refractivity contribution in [1.29, 1.82) is 0 Å². The first kappa shape index (κ1) is 10.3. The van der Waals surface area contributed by atoms with Crippen molar-refractivity contribution in [3.63, 3.8) is 0 Å². The van der Waals surface area contributed by atoms with Gasteiger partial charge in [0.05, 0.1) is 0 Å². The predicted octanol–water partition coefficient (Wildman–Crippen LogP) is 2.58. The molecule has 1 aliphatic rings. The number of hydrogen-bond acceptors (Lipinski definition) is 4. The van der Waals surface area contributed by atoms with Crippen molar-refractivity contribution >= 4 is 17.2 Å². The highest BCUT2D eigenvalue weighted by Crippen LogP contribution is 2.34. The molecule has 1 N–H and O–H groups in total. The summed E-state index contributed by atoms with van der Waals surface area (Å²) in [5, 5.41) is 8.84. The summed E-state index contributed by atoms with van der Waals surface area (Å²) in [5.41, 5.74) is 0.965. The Bertz CT molecular complexity index is 570. The normalized spacial score (nSPS) is 16.7. The van der Waals surface area contributed by atoms with Gasteiger partial charge in [-0.1, -0.05) is 12.8 Å². The Morgan fingerprint density at radius 3 is 2.76 bits per heavy atom. The van der Waals surface area contributed by atoms with Gasteiger partial charge in [-0.05, 0) is 25.0 Å². The molecule has 0 spiro atoms. The van der Waals surface area contributed by atoms with Crippen molar-refractivity contribution < 1.29 is 14.3 Å². The van der Waals surface area contributed by atoms with Crippen LogP contribution in [0.2, 0.25) is 0 Å². The molecule has 0 aliphatic heterocycles. The van der Waals surface area contributed by atoms with Gasteiger partial charge in [0.2, 0.25) is 0 Å². The zero-order valence-corrected chi connectivity index (χ0v) is 9.22. The summed E-state index contributed by atoms with van der Waals surface area (Å²) in [5.74, 6) is 0.0299. The molecular weight excluding hydrogens is 220 g/mol. The molecule has 0 radical (unpaired) electrons. The van der Waals surface area contributed by atoms with Crippen molar-refractivity contribution in [2.24, 2.45) is 0 Å². The first-order valence-corrected chi connectivity index (χ1v) is 5.75. The lowest BCUT2D eigenvalue weighted by Gasteiger charge is -2.00. The van der Waals surface area contributed by atoms with Crippen LogP contribution >= 0.6 is 0 Å². The number of aromatic carboxylic acids is 1. The molecule has 5 nitrogen and oxygen atoms in total. The third-order valence-corrected chi connectivity index (χ3v) is 3.19. The van der Waals surface area contributed by atoms with Gasteiger partial charge in [-0.25, -0.2) is 9.78 Å². The molecule has 1 aliphatic carbocycles. The van der Waals surface area contributed by atoms with Crippen LogP contribution in [0, 0.1) is 0 Å². The first-order valence-electron chi connectivity index (χ1n) is 5.75. The van der Waals surface area contributed by atoms with E-state index in [4.69, 9.17) is 9.52 Å². The second-order valence-corrected chi connectivity index (χ2v) is 4.36. The van der Waals surface area contributed by atoms with Crippen LogP contribution in [0.15, 0.2) is 16.5 Å². The molecule has 2 aromatic rings. The van der Waals surface area contributed by atoms with E-state index in [-0.39, 0.29) is 5.69 Å². The lowest BCUT2D eigenvalue weighted by molar-refractivity contribution is 0.0691. The molecule has 88 valence electrons. The standard InChI is InChI=1S/C12H12N2O3/c15-12(16)8-5-6-9-10(13-8)14-11(17-9)7-3-1-2-4-7/h5-7H,1-4H2,(H,15,16). The summed E-state index contributed by atoms with van der Waals surface area (Å²) in [6.07, 6.45) is 4.60. The molecule has 1 saturated carbocycles. The number of fused-ring (bicyclic) bond motifs is 1.